The molecule has 100 valence electrons. The number of carboxylic acid groups (broad SMARTS) is 1. The molecule has 0 radical (unpaired) electrons. The minimum Gasteiger partial charge on any atom is -0.480 e. The summed E-state index contributed by atoms with van der Waals surface area (Å²) in [5, 5.41) is 9.08. The number of rotatable bonds is 7. The molecule has 1 rings (SSSR count). The van der Waals surface area contributed by atoms with E-state index in [1.165, 1.54) is 0 Å². The van der Waals surface area contributed by atoms with E-state index in [2.05, 4.69) is 4.90 Å². The van der Waals surface area contributed by atoms with Gasteiger partial charge in [0.15, 0.2) is 0 Å². The summed E-state index contributed by atoms with van der Waals surface area (Å²) in [6.07, 6.45) is 1.72. The molecule has 3 N–H and O–H groups in total. The quantitative estimate of drug-likeness (QED) is 0.777. The Bertz CT molecular complexity index is 381. The summed E-state index contributed by atoms with van der Waals surface area (Å²) >= 11 is 0. The van der Waals surface area contributed by atoms with Crippen molar-refractivity contribution >= 4 is 11.7 Å². The number of carboxylic acids is 1. The van der Waals surface area contributed by atoms with E-state index >= 15 is 0 Å². The van der Waals surface area contributed by atoms with Gasteiger partial charge < -0.3 is 15.7 Å². The molecule has 0 saturated carbocycles. The largest absolute Gasteiger partial charge is 0.480 e. The van der Waals surface area contributed by atoms with Crippen LogP contribution in [0, 0.1) is 0 Å². The fourth-order valence-corrected chi connectivity index (χ4v) is 1.88. The Morgan fingerprint density at radius 2 is 2.00 bits per heavy atom. The topological polar surface area (TPSA) is 66.6 Å². The fraction of sp³-hybridized carbons (Fsp3) is 0.500. The Morgan fingerprint density at radius 1 is 1.39 bits per heavy atom. The Morgan fingerprint density at radius 3 is 2.50 bits per heavy atom. The van der Waals surface area contributed by atoms with Gasteiger partial charge in [-0.2, -0.15) is 0 Å². The van der Waals surface area contributed by atoms with Crippen LogP contribution in [0.4, 0.5) is 5.69 Å². The van der Waals surface area contributed by atoms with Gasteiger partial charge in [0, 0.05) is 19.3 Å². The molecule has 0 fully saturated rings. The Labute approximate surface area is 108 Å². The highest BCUT2D eigenvalue weighted by Crippen LogP contribution is 2.17. The average molecular weight is 250 g/mol. The number of para-hydroxylation sites is 1. The summed E-state index contributed by atoms with van der Waals surface area (Å²) in [6.45, 7) is 2.62. The third kappa shape index (κ3) is 3.74. The number of anilines is 1. The number of hydrogen-bond donors (Lipinski definition) is 2. The highest BCUT2D eigenvalue weighted by atomic mass is 16.4. The van der Waals surface area contributed by atoms with Crippen molar-refractivity contribution in [1.29, 1.82) is 0 Å². The summed E-state index contributed by atoms with van der Waals surface area (Å²) in [7, 11) is 2.00. The van der Waals surface area contributed by atoms with Crippen LogP contribution in [-0.4, -0.2) is 30.2 Å². The zero-order chi connectivity index (χ0) is 13.6. The lowest BCUT2D eigenvalue weighted by Crippen LogP contribution is -2.47. The summed E-state index contributed by atoms with van der Waals surface area (Å²) in [5.74, 6) is -0.910. The second-order valence-electron chi connectivity index (χ2n) is 4.68. The van der Waals surface area contributed by atoms with Gasteiger partial charge >= 0.3 is 5.97 Å². The molecule has 4 heteroatoms. The standard InChI is InChI=1S/C14H22N2O2/c1-3-14(15,13(17)18)10-7-11-16(2)12-8-5-4-6-9-12/h4-6,8-9H,3,7,10-11,15H2,1-2H3,(H,17,18). The first-order chi connectivity index (χ1) is 8.49. The molecular weight excluding hydrogens is 228 g/mol. The zero-order valence-electron chi connectivity index (χ0n) is 11.1. The fourth-order valence-electron chi connectivity index (χ4n) is 1.88. The molecule has 0 aliphatic carbocycles. The van der Waals surface area contributed by atoms with E-state index in [0.717, 1.165) is 18.7 Å². The molecule has 1 aromatic carbocycles. The molecule has 0 aromatic heterocycles. The minimum atomic E-state index is -1.09. The minimum absolute atomic E-state index is 0.456. The van der Waals surface area contributed by atoms with Gasteiger partial charge in [-0.05, 0) is 31.4 Å². The van der Waals surface area contributed by atoms with Gasteiger partial charge in [-0.25, -0.2) is 0 Å². The molecule has 0 heterocycles. The van der Waals surface area contributed by atoms with Gasteiger partial charge in [0.05, 0.1) is 0 Å². The van der Waals surface area contributed by atoms with Crippen molar-refractivity contribution in [3.05, 3.63) is 30.3 Å². The lowest BCUT2D eigenvalue weighted by molar-refractivity contribution is -0.143. The molecule has 0 spiro atoms. The van der Waals surface area contributed by atoms with Crippen molar-refractivity contribution in [1.82, 2.24) is 0 Å². The van der Waals surface area contributed by atoms with Gasteiger partial charge in [0.2, 0.25) is 0 Å². The molecule has 0 aliphatic heterocycles. The first-order valence-electron chi connectivity index (χ1n) is 6.28. The monoisotopic (exact) mass is 250 g/mol. The molecular formula is C14H22N2O2. The lowest BCUT2D eigenvalue weighted by atomic mass is 9.92. The zero-order valence-corrected chi connectivity index (χ0v) is 11.1. The van der Waals surface area contributed by atoms with Gasteiger partial charge in [0.1, 0.15) is 5.54 Å². The molecule has 4 nitrogen and oxygen atoms in total. The predicted molar refractivity (Wildman–Crippen MR) is 73.8 cm³/mol. The van der Waals surface area contributed by atoms with Crippen LogP contribution < -0.4 is 10.6 Å². The number of nitrogens with two attached hydrogens (primary N) is 1. The van der Waals surface area contributed by atoms with E-state index in [1.54, 1.807) is 0 Å². The van der Waals surface area contributed by atoms with Crippen molar-refractivity contribution in [2.45, 2.75) is 31.7 Å². The Balaban J connectivity index is 2.45. The van der Waals surface area contributed by atoms with E-state index in [9.17, 15) is 4.79 Å². The average Bonchev–Trinajstić information content (AvgIpc) is 2.39. The smallest absolute Gasteiger partial charge is 0.323 e. The van der Waals surface area contributed by atoms with Crippen molar-refractivity contribution in [3.63, 3.8) is 0 Å². The normalized spacial score (nSPS) is 13.9. The van der Waals surface area contributed by atoms with Crippen molar-refractivity contribution < 1.29 is 9.90 Å². The van der Waals surface area contributed by atoms with E-state index < -0.39 is 11.5 Å². The molecule has 0 amide bonds. The van der Waals surface area contributed by atoms with Gasteiger partial charge in [0.25, 0.3) is 0 Å². The molecule has 0 bridgehead atoms. The summed E-state index contributed by atoms with van der Waals surface area (Å²) in [4.78, 5) is 13.2. The molecule has 1 unspecified atom stereocenters. The highest BCUT2D eigenvalue weighted by molar-refractivity contribution is 5.78. The summed E-state index contributed by atoms with van der Waals surface area (Å²) < 4.78 is 0. The van der Waals surface area contributed by atoms with E-state index in [4.69, 9.17) is 10.8 Å². The third-order valence-corrected chi connectivity index (χ3v) is 3.37. The van der Waals surface area contributed by atoms with Gasteiger partial charge in [-0.1, -0.05) is 25.1 Å². The summed E-state index contributed by atoms with van der Waals surface area (Å²) in [5.41, 5.74) is 5.89. The SMILES string of the molecule is CCC(N)(CCCN(C)c1ccccc1)C(=O)O. The number of benzene rings is 1. The number of hydrogen-bond acceptors (Lipinski definition) is 3. The van der Waals surface area contributed by atoms with Crippen LogP contribution in [0.25, 0.3) is 0 Å². The molecule has 18 heavy (non-hydrogen) atoms. The Hall–Kier alpha value is -1.55. The van der Waals surface area contributed by atoms with Gasteiger partial charge in [-0.3, -0.25) is 4.79 Å². The summed E-state index contributed by atoms with van der Waals surface area (Å²) in [6, 6.07) is 10.0. The highest BCUT2D eigenvalue weighted by Gasteiger charge is 2.31. The van der Waals surface area contributed by atoms with Crippen LogP contribution in [0.2, 0.25) is 0 Å². The number of carbonyl (C=O) groups is 1. The van der Waals surface area contributed by atoms with E-state index in [-0.39, 0.29) is 0 Å². The van der Waals surface area contributed by atoms with Crippen LogP contribution in [0.5, 0.6) is 0 Å². The number of aliphatic carboxylic acids is 1. The van der Waals surface area contributed by atoms with Gasteiger partial charge in [-0.15, -0.1) is 0 Å². The molecule has 0 saturated heterocycles. The van der Waals surface area contributed by atoms with Crippen molar-refractivity contribution in [2.24, 2.45) is 5.73 Å². The maximum absolute atomic E-state index is 11.1. The second-order valence-corrected chi connectivity index (χ2v) is 4.68. The first kappa shape index (κ1) is 14.5. The second kappa shape index (κ2) is 6.40. The third-order valence-electron chi connectivity index (χ3n) is 3.37. The molecule has 1 aromatic rings. The van der Waals surface area contributed by atoms with E-state index in [1.807, 2.05) is 44.3 Å². The van der Waals surface area contributed by atoms with Crippen molar-refractivity contribution in [2.75, 3.05) is 18.5 Å². The lowest BCUT2D eigenvalue weighted by Gasteiger charge is -2.25. The maximum atomic E-state index is 11.1. The first-order valence-corrected chi connectivity index (χ1v) is 6.28. The molecule has 0 aliphatic rings. The number of nitrogens with zero attached hydrogens (tertiary/aromatic N) is 1. The van der Waals surface area contributed by atoms with Crippen molar-refractivity contribution in [3.8, 4) is 0 Å². The molecule has 1 atom stereocenters. The van der Waals surface area contributed by atoms with Crippen LogP contribution in [0.15, 0.2) is 30.3 Å². The van der Waals surface area contributed by atoms with Crippen LogP contribution in [0.1, 0.15) is 26.2 Å². The van der Waals surface area contributed by atoms with Crippen LogP contribution >= 0.6 is 0 Å². The Kier molecular flexibility index (Phi) is 5.16. The van der Waals surface area contributed by atoms with Crippen LogP contribution in [0.3, 0.4) is 0 Å². The van der Waals surface area contributed by atoms with Crippen LogP contribution in [-0.2, 0) is 4.79 Å². The van der Waals surface area contributed by atoms with E-state index in [0.29, 0.717) is 12.8 Å². The maximum Gasteiger partial charge on any atom is 0.323 e. The predicted octanol–water partition coefficient (Wildman–Crippen LogP) is 2.10.